The quantitative estimate of drug-likeness (QED) is 0.630. The Bertz CT molecular complexity index is 1030. The molecule has 2 heterocycles. The first-order chi connectivity index (χ1) is 15.3. The van der Waals surface area contributed by atoms with Crippen LogP contribution >= 0.6 is 0 Å². The summed E-state index contributed by atoms with van der Waals surface area (Å²) in [6.07, 6.45) is 6.67. The van der Waals surface area contributed by atoms with Crippen molar-refractivity contribution in [3.8, 4) is 11.1 Å². The molecule has 1 aliphatic carbocycles. The van der Waals surface area contributed by atoms with E-state index < -0.39 is 0 Å². The summed E-state index contributed by atoms with van der Waals surface area (Å²) in [5, 5.41) is 9.69. The van der Waals surface area contributed by atoms with E-state index in [-0.39, 0.29) is 29.3 Å². The van der Waals surface area contributed by atoms with Crippen LogP contribution in [0.4, 0.5) is 11.5 Å². The summed E-state index contributed by atoms with van der Waals surface area (Å²) in [5.74, 6) is 0.513. The van der Waals surface area contributed by atoms with E-state index in [1.54, 1.807) is 0 Å². The van der Waals surface area contributed by atoms with Crippen molar-refractivity contribution in [2.24, 2.45) is 5.92 Å². The summed E-state index contributed by atoms with van der Waals surface area (Å²) in [7, 11) is 0. The molecule has 1 aromatic carbocycles. The van der Waals surface area contributed by atoms with Crippen LogP contribution in [0.3, 0.4) is 0 Å². The maximum atomic E-state index is 13.0. The number of nitrogens with zero attached hydrogens (tertiary/aromatic N) is 1. The van der Waals surface area contributed by atoms with Crippen molar-refractivity contribution in [2.45, 2.75) is 77.8 Å². The lowest BCUT2D eigenvalue weighted by Crippen LogP contribution is -2.40. The van der Waals surface area contributed by atoms with Gasteiger partial charge in [-0.25, -0.2) is 4.98 Å². The molecule has 0 spiro atoms. The predicted molar refractivity (Wildman–Crippen MR) is 129 cm³/mol. The molecule has 1 aliphatic heterocycles. The van der Waals surface area contributed by atoms with E-state index in [4.69, 9.17) is 0 Å². The van der Waals surface area contributed by atoms with Crippen molar-refractivity contribution in [1.29, 1.82) is 0 Å². The van der Waals surface area contributed by atoms with Gasteiger partial charge in [0.1, 0.15) is 5.82 Å². The Morgan fingerprint density at radius 3 is 2.81 bits per heavy atom. The molecule has 2 atom stereocenters. The van der Waals surface area contributed by atoms with Crippen LogP contribution in [0, 0.1) is 12.8 Å². The van der Waals surface area contributed by atoms with Crippen molar-refractivity contribution in [1.82, 2.24) is 10.3 Å². The van der Waals surface area contributed by atoms with Crippen LogP contribution in [-0.2, 0) is 16.0 Å². The zero-order valence-corrected chi connectivity index (χ0v) is 19.5. The van der Waals surface area contributed by atoms with Crippen LogP contribution in [-0.4, -0.2) is 28.4 Å². The van der Waals surface area contributed by atoms with Crippen LogP contribution in [0.25, 0.3) is 11.1 Å². The van der Waals surface area contributed by atoms with Gasteiger partial charge in [0.2, 0.25) is 11.8 Å². The topological polar surface area (TPSA) is 83.1 Å². The van der Waals surface area contributed by atoms with Crippen LogP contribution in [0.15, 0.2) is 30.5 Å². The number of benzene rings is 1. The van der Waals surface area contributed by atoms with Crippen LogP contribution in [0.2, 0.25) is 0 Å². The van der Waals surface area contributed by atoms with Crippen molar-refractivity contribution < 1.29 is 9.59 Å². The smallest absolute Gasteiger partial charge is 0.228 e. The van der Waals surface area contributed by atoms with E-state index in [0.29, 0.717) is 18.7 Å². The fourth-order valence-electron chi connectivity index (χ4n) is 5.00. The second kappa shape index (κ2) is 8.93. The first kappa shape index (κ1) is 22.3. The van der Waals surface area contributed by atoms with Gasteiger partial charge in [0.05, 0.1) is 0 Å². The third kappa shape index (κ3) is 4.79. The van der Waals surface area contributed by atoms with E-state index in [1.807, 2.05) is 19.2 Å². The number of fused-ring (bicyclic) bond motifs is 1. The standard InChI is InChI=1S/C26H34N4O2/c1-5-24(31)28-18-9-6-8-17(12-18)25(32)29-23-13-20(16(2)15-27-23)19-10-7-11-22-21(19)14-26(3,4)30-22/h7,10-11,13,15,17-18,30H,5-6,8-9,12,14H2,1-4H3,(H,28,31)(H,27,29,32)/t17-,18+/m0/s1. The second-order valence-electron chi connectivity index (χ2n) is 9.87. The van der Waals surface area contributed by atoms with Gasteiger partial charge >= 0.3 is 0 Å². The van der Waals surface area contributed by atoms with E-state index in [1.165, 1.54) is 16.8 Å². The van der Waals surface area contributed by atoms with E-state index in [9.17, 15) is 9.59 Å². The van der Waals surface area contributed by atoms with Crippen molar-refractivity contribution in [3.05, 3.63) is 41.6 Å². The highest BCUT2D eigenvalue weighted by Gasteiger charge is 2.30. The molecule has 6 heteroatoms. The molecule has 3 N–H and O–H groups in total. The molecule has 4 rings (SSSR count). The fourth-order valence-corrected chi connectivity index (χ4v) is 5.00. The van der Waals surface area contributed by atoms with Crippen molar-refractivity contribution >= 4 is 23.3 Å². The highest BCUT2D eigenvalue weighted by atomic mass is 16.2. The molecule has 6 nitrogen and oxygen atoms in total. The van der Waals surface area contributed by atoms with Crippen LogP contribution < -0.4 is 16.0 Å². The number of carbonyl (C=O) groups excluding carboxylic acids is 2. The normalized spacial score (nSPS) is 21.4. The zero-order chi connectivity index (χ0) is 22.9. The van der Waals surface area contributed by atoms with E-state index >= 15 is 0 Å². The van der Waals surface area contributed by atoms with Gasteiger partial charge in [-0.05, 0) is 80.8 Å². The largest absolute Gasteiger partial charge is 0.380 e. The van der Waals surface area contributed by atoms with Gasteiger partial charge in [0.15, 0.2) is 0 Å². The number of hydrogen-bond acceptors (Lipinski definition) is 4. The summed E-state index contributed by atoms with van der Waals surface area (Å²) in [5.41, 5.74) is 5.89. The molecule has 2 aromatic rings. The maximum absolute atomic E-state index is 13.0. The number of rotatable bonds is 5. The molecule has 1 aromatic heterocycles. The van der Waals surface area contributed by atoms with Gasteiger partial charge in [0, 0.05) is 35.8 Å². The minimum atomic E-state index is -0.108. The third-order valence-electron chi connectivity index (χ3n) is 6.64. The lowest BCUT2D eigenvalue weighted by molar-refractivity contribution is -0.124. The second-order valence-corrected chi connectivity index (χ2v) is 9.87. The monoisotopic (exact) mass is 434 g/mol. The number of hydrogen-bond donors (Lipinski definition) is 3. The van der Waals surface area contributed by atoms with Gasteiger partial charge in [-0.2, -0.15) is 0 Å². The third-order valence-corrected chi connectivity index (χ3v) is 6.64. The molecule has 1 fully saturated rings. The Kier molecular flexibility index (Phi) is 6.22. The van der Waals surface area contributed by atoms with E-state index in [0.717, 1.165) is 36.8 Å². The first-order valence-corrected chi connectivity index (χ1v) is 11.7. The minimum absolute atomic E-state index is 0.0103. The molecule has 0 bridgehead atoms. The molecule has 2 amide bonds. The van der Waals surface area contributed by atoms with Gasteiger partial charge < -0.3 is 16.0 Å². The first-order valence-electron chi connectivity index (χ1n) is 11.7. The number of nitrogens with one attached hydrogen (secondary N) is 3. The highest BCUT2D eigenvalue weighted by Crippen LogP contribution is 2.40. The average molecular weight is 435 g/mol. The molecule has 32 heavy (non-hydrogen) atoms. The summed E-state index contributed by atoms with van der Waals surface area (Å²) in [6.45, 7) is 8.33. The molecule has 2 aliphatic rings. The summed E-state index contributed by atoms with van der Waals surface area (Å²) in [6, 6.07) is 8.43. The average Bonchev–Trinajstić information content (AvgIpc) is 3.09. The highest BCUT2D eigenvalue weighted by molar-refractivity contribution is 5.93. The van der Waals surface area contributed by atoms with Gasteiger partial charge in [-0.1, -0.05) is 25.5 Å². The molecule has 1 saturated carbocycles. The zero-order valence-electron chi connectivity index (χ0n) is 19.5. The van der Waals surface area contributed by atoms with E-state index in [2.05, 4.69) is 59.9 Å². The lowest BCUT2D eigenvalue weighted by Gasteiger charge is -2.29. The molecular formula is C26H34N4O2. The number of carbonyl (C=O) groups is 2. The molecule has 0 saturated heterocycles. The van der Waals surface area contributed by atoms with Crippen LogP contribution in [0.5, 0.6) is 0 Å². The van der Waals surface area contributed by atoms with Crippen molar-refractivity contribution in [3.63, 3.8) is 0 Å². The summed E-state index contributed by atoms with van der Waals surface area (Å²) < 4.78 is 0. The Labute approximate surface area is 190 Å². The summed E-state index contributed by atoms with van der Waals surface area (Å²) in [4.78, 5) is 29.2. The van der Waals surface area contributed by atoms with Gasteiger partial charge in [-0.3, -0.25) is 9.59 Å². The molecule has 0 unspecified atom stereocenters. The maximum Gasteiger partial charge on any atom is 0.228 e. The number of pyridine rings is 1. The SMILES string of the molecule is CCC(=O)N[C@@H]1CCC[C@H](C(=O)Nc2cc(-c3cccc4c3CC(C)(C)N4)c(C)cn2)C1. The molecule has 170 valence electrons. The Balaban J connectivity index is 1.52. The Morgan fingerprint density at radius 2 is 2.03 bits per heavy atom. The number of aromatic nitrogens is 1. The molecule has 0 radical (unpaired) electrons. The summed E-state index contributed by atoms with van der Waals surface area (Å²) >= 11 is 0. The number of aryl methyl sites for hydroxylation is 1. The minimum Gasteiger partial charge on any atom is -0.380 e. The van der Waals surface area contributed by atoms with Crippen molar-refractivity contribution in [2.75, 3.05) is 10.6 Å². The Morgan fingerprint density at radius 1 is 1.22 bits per heavy atom. The van der Waals surface area contributed by atoms with Gasteiger partial charge in [-0.15, -0.1) is 0 Å². The molecular weight excluding hydrogens is 400 g/mol. The van der Waals surface area contributed by atoms with Gasteiger partial charge in [0.25, 0.3) is 0 Å². The Hall–Kier alpha value is -2.89. The van der Waals surface area contributed by atoms with Crippen LogP contribution in [0.1, 0.15) is 64.0 Å². The lowest BCUT2D eigenvalue weighted by atomic mass is 9.85. The fraction of sp³-hybridized carbons (Fsp3) is 0.500. The number of amides is 2. The number of anilines is 2. The predicted octanol–water partition coefficient (Wildman–Crippen LogP) is 4.83.